The Morgan fingerprint density at radius 1 is 1.40 bits per heavy atom. The van der Waals surface area contributed by atoms with Gasteiger partial charge in [-0.05, 0) is 43.0 Å². The predicted molar refractivity (Wildman–Crippen MR) is 65.8 cm³/mol. The van der Waals surface area contributed by atoms with Crippen LogP contribution in [0.15, 0.2) is 18.2 Å². The highest BCUT2D eigenvalue weighted by molar-refractivity contribution is 9.09. The van der Waals surface area contributed by atoms with Crippen molar-refractivity contribution >= 4 is 15.9 Å². The fraction of sp³-hybridized carbons (Fsp3) is 0.500. The minimum Gasteiger partial charge on any atom is -0.493 e. The highest BCUT2D eigenvalue weighted by Gasteiger charge is 2.09. The number of halogens is 1. The highest BCUT2D eigenvalue weighted by Crippen LogP contribution is 2.25. The molecule has 2 nitrogen and oxygen atoms in total. The Kier molecular flexibility index (Phi) is 4.03. The Morgan fingerprint density at radius 2 is 2.33 bits per heavy atom. The lowest BCUT2D eigenvalue weighted by Crippen LogP contribution is -2.15. The Morgan fingerprint density at radius 3 is 3.20 bits per heavy atom. The van der Waals surface area contributed by atoms with Gasteiger partial charge in [-0.1, -0.05) is 28.1 Å². The van der Waals surface area contributed by atoms with Crippen LogP contribution < -0.4 is 10.1 Å². The van der Waals surface area contributed by atoms with E-state index in [-0.39, 0.29) is 0 Å². The van der Waals surface area contributed by atoms with Crippen LogP contribution in [0, 0.1) is 0 Å². The molecule has 1 heterocycles. The van der Waals surface area contributed by atoms with Crippen LogP contribution in [0.3, 0.4) is 0 Å². The van der Waals surface area contributed by atoms with Crippen molar-refractivity contribution in [2.24, 2.45) is 0 Å². The Hall–Kier alpha value is -0.540. The molecule has 1 aromatic carbocycles. The molecule has 1 N–H and O–H groups in total. The van der Waals surface area contributed by atoms with Crippen molar-refractivity contribution in [3.8, 4) is 5.75 Å². The second-order valence-electron chi connectivity index (χ2n) is 3.78. The summed E-state index contributed by atoms with van der Waals surface area (Å²) in [7, 11) is 0. The van der Waals surface area contributed by atoms with E-state index in [1.165, 1.54) is 11.1 Å². The second-order valence-corrected chi connectivity index (χ2v) is 4.34. The molecule has 15 heavy (non-hydrogen) atoms. The van der Waals surface area contributed by atoms with Crippen molar-refractivity contribution in [3.05, 3.63) is 29.3 Å². The Balaban J connectivity index is 2.00. The monoisotopic (exact) mass is 269 g/mol. The Bertz CT molecular complexity index is 327. The van der Waals surface area contributed by atoms with Gasteiger partial charge in [0.05, 0.1) is 12.1 Å². The molecule has 0 bridgehead atoms. The van der Waals surface area contributed by atoms with E-state index in [9.17, 15) is 0 Å². The van der Waals surface area contributed by atoms with Crippen LogP contribution in [-0.4, -0.2) is 18.6 Å². The third-order valence-corrected chi connectivity index (χ3v) is 3.05. The molecule has 0 aromatic heterocycles. The van der Waals surface area contributed by atoms with Crippen molar-refractivity contribution in [1.29, 1.82) is 0 Å². The van der Waals surface area contributed by atoms with E-state index < -0.39 is 0 Å². The lowest BCUT2D eigenvalue weighted by atomic mass is 10.0. The fourth-order valence-electron chi connectivity index (χ4n) is 1.87. The molecule has 1 aromatic rings. The minimum absolute atomic E-state index is 0.862. The van der Waals surface area contributed by atoms with Gasteiger partial charge >= 0.3 is 0 Å². The van der Waals surface area contributed by atoms with E-state index in [0.717, 1.165) is 43.6 Å². The van der Waals surface area contributed by atoms with Crippen molar-refractivity contribution in [2.45, 2.75) is 19.3 Å². The van der Waals surface area contributed by atoms with Crippen LogP contribution >= 0.6 is 15.9 Å². The molecule has 0 unspecified atom stereocenters. The van der Waals surface area contributed by atoms with E-state index in [1.54, 1.807) is 0 Å². The van der Waals surface area contributed by atoms with Gasteiger partial charge in [-0.15, -0.1) is 0 Å². The summed E-state index contributed by atoms with van der Waals surface area (Å²) in [5, 5.41) is 3.26. The third kappa shape index (κ3) is 2.95. The number of aryl methyl sites for hydroxylation is 1. The average molecular weight is 270 g/mol. The molecule has 1 aliphatic rings. The number of alkyl halides is 1. The van der Waals surface area contributed by atoms with Gasteiger partial charge in [-0.25, -0.2) is 0 Å². The van der Waals surface area contributed by atoms with Crippen molar-refractivity contribution in [3.63, 3.8) is 0 Å². The van der Waals surface area contributed by atoms with E-state index >= 15 is 0 Å². The maximum atomic E-state index is 5.58. The lowest BCUT2D eigenvalue weighted by Gasteiger charge is -2.17. The Labute approximate surface area is 99.1 Å². The van der Waals surface area contributed by atoms with E-state index in [2.05, 4.69) is 39.4 Å². The van der Waals surface area contributed by atoms with Crippen LogP contribution in [0.25, 0.3) is 0 Å². The predicted octanol–water partition coefficient (Wildman–Crippen LogP) is 2.50. The van der Waals surface area contributed by atoms with Crippen molar-refractivity contribution < 1.29 is 4.74 Å². The molecule has 0 aliphatic carbocycles. The van der Waals surface area contributed by atoms with Crippen LogP contribution in [0.2, 0.25) is 0 Å². The van der Waals surface area contributed by atoms with Gasteiger partial charge in [0, 0.05) is 0 Å². The summed E-state index contributed by atoms with van der Waals surface area (Å²) in [5.41, 5.74) is 3.63. The number of fused-ring (bicyclic) bond motifs is 1. The summed E-state index contributed by atoms with van der Waals surface area (Å²) in [4.78, 5) is 0. The number of nitrogens with one attached hydrogen (secondary N) is 1. The van der Waals surface area contributed by atoms with Crippen LogP contribution in [-0.2, 0) is 12.8 Å². The van der Waals surface area contributed by atoms with Gasteiger partial charge in [-0.2, -0.15) is 0 Å². The molecule has 3 heteroatoms. The molecule has 0 amide bonds. The molecular formula is C12H16BrNO. The lowest BCUT2D eigenvalue weighted by molar-refractivity contribution is 0.288. The zero-order valence-corrected chi connectivity index (χ0v) is 10.3. The van der Waals surface area contributed by atoms with E-state index in [4.69, 9.17) is 4.74 Å². The fourth-order valence-corrected chi connectivity index (χ4v) is 2.15. The molecule has 0 saturated carbocycles. The molecule has 1 aliphatic heterocycles. The zero-order chi connectivity index (χ0) is 10.5. The topological polar surface area (TPSA) is 21.3 Å². The molecule has 0 atom stereocenters. The smallest absolute Gasteiger partial charge is 0.122 e. The average Bonchev–Trinajstić information content (AvgIpc) is 2.29. The van der Waals surface area contributed by atoms with Crippen LogP contribution in [0.5, 0.6) is 5.75 Å². The van der Waals surface area contributed by atoms with E-state index in [1.807, 2.05) is 0 Å². The number of rotatable bonds is 4. The largest absolute Gasteiger partial charge is 0.493 e. The van der Waals surface area contributed by atoms with Crippen molar-refractivity contribution in [1.82, 2.24) is 5.32 Å². The highest BCUT2D eigenvalue weighted by atomic mass is 79.9. The summed E-state index contributed by atoms with van der Waals surface area (Å²) in [6.45, 7) is 1.89. The number of hydrogen-bond donors (Lipinski definition) is 1. The standard InChI is InChI=1S/C12H16BrNO/c13-9-14-6-5-10-3-4-12-11(8-10)2-1-7-15-12/h3-4,8,14H,1-2,5-7,9H2. The molecular weight excluding hydrogens is 254 g/mol. The summed E-state index contributed by atoms with van der Waals surface area (Å²) >= 11 is 3.35. The molecule has 0 fully saturated rings. The van der Waals surface area contributed by atoms with Gasteiger partial charge in [-0.3, -0.25) is 0 Å². The SMILES string of the molecule is BrCNCCc1ccc2c(c1)CCCO2. The van der Waals surface area contributed by atoms with Crippen LogP contribution in [0.4, 0.5) is 0 Å². The normalized spacial score (nSPS) is 14.5. The van der Waals surface area contributed by atoms with Crippen LogP contribution in [0.1, 0.15) is 17.5 Å². The molecule has 0 saturated heterocycles. The van der Waals surface area contributed by atoms with Gasteiger partial charge in [0.1, 0.15) is 5.75 Å². The third-order valence-electron chi connectivity index (χ3n) is 2.66. The first-order chi connectivity index (χ1) is 7.40. The number of ether oxygens (including phenoxy) is 1. The number of hydrogen-bond acceptors (Lipinski definition) is 2. The summed E-state index contributed by atoms with van der Waals surface area (Å²) in [6.07, 6.45) is 3.39. The first kappa shape index (κ1) is 11.0. The zero-order valence-electron chi connectivity index (χ0n) is 8.76. The van der Waals surface area contributed by atoms with E-state index in [0.29, 0.717) is 0 Å². The van der Waals surface area contributed by atoms with Gasteiger partial charge in [0.15, 0.2) is 0 Å². The van der Waals surface area contributed by atoms with Gasteiger partial charge in [0.25, 0.3) is 0 Å². The summed E-state index contributed by atoms with van der Waals surface area (Å²) in [6, 6.07) is 6.56. The first-order valence-corrected chi connectivity index (χ1v) is 6.53. The quantitative estimate of drug-likeness (QED) is 0.515. The first-order valence-electron chi connectivity index (χ1n) is 5.41. The molecule has 0 radical (unpaired) electrons. The summed E-state index contributed by atoms with van der Waals surface area (Å²) < 4.78 is 5.58. The molecule has 0 spiro atoms. The number of benzene rings is 1. The summed E-state index contributed by atoms with van der Waals surface area (Å²) in [5.74, 6) is 1.08. The van der Waals surface area contributed by atoms with Gasteiger partial charge in [0.2, 0.25) is 0 Å². The molecule has 2 rings (SSSR count). The minimum atomic E-state index is 0.862. The van der Waals surface area contributed by atoms with Gasteiger partial charge < -0.3 is 10.1 Å². The van der Waals surface area contributed by atoms with Crippen molar-refractivity contribution in [2.75, 3.05) is 18.6 Å². The maximum Gasteiger partial charge on any atom is 0.122 e. The maximum absolute atomic E-state index is 5.58. The molecule has 82 valence electrons. The second kappa shape index (κ2) is 5.52.